The molecule has 0 atom stereocenters. The van der Waals surface area contributed by atoms with Crippen LogP contribution in [0.25, 0.3) is 0 Å². The highest BCUT2D eigenvalue weighted by atomic mass is 35.5. The van der Waals surface area contributed by atoms with Crippen LogP contribution in [-0.4, -0.2) is 66.4 Å². The summed E-state index contributed by atoms with van der Waals surface area (Å²) in [7, 11) is 0. The van der Waals surface area contributed by atoms with E-state index in [1.165, 1.54) is 6.07 Å². The predicted molar refractivity (Wildman–Crippen MR) is 110 cm³/mol. The highest BCUT2D eigenvalue weighted by Crippen LogP contribution is 2.36. The van der Waals surface area contributed by atoms with E-state index in [0.29, 0.717) is 32.7 Å². The van der Waals surface area contributed by atoms with Gasteiger partial charge in [-0.05, 0) is 38.5 Å². The van der Waals surface area contributed by atoms with Crippen molar-refractivity contribution in [1.29, 1.82) is 0 Å². The summed E-state index contributed by atoms with van der Waals surface area (Å²) in [6.07, 6.45) is -3.76. The normalized spacial score (nSPS) is 16.4. The number of hydrogen-bond acceptors (Lipinski definition) is 4. The van der Waals surface area contributed by atoms with Crippen LogP contribution < -0.4 is 10.6 Å². The first-order valence-electron chi connectivity index (χ1n) is 9.82. The fourth-order valence-electron chi connectivity index (χ4n) is 3.04. The Hall–Kier alpha value is -1.84. The summed E-state index contributed by atoms with van der Waals surface area (Å²) in [5.74, 6) is -0.433. The van der Waals surface area contributed by atoms with Gasteiger partial charge < -0.3 is 10.6 Å². The zero-order valence-corrected chi connectivity index (χ0v) is 18.2. The first kappa shape index (κ1) is 24.4. The molecule has 168 valence electrons. The fraction of sp³-hybridized carbons (Fsp3) is 0.600. The van der Waals surface area contributed by atoms with Gasteiger partial charge in [0.05, 0.1) is 23.7 Å². The third-order valence-corrected chi connectivity index (χ3v) is 5.45. The Morgan fingerprint density at radius 2 is 1.57 bits per heavy atom. The Bertz CT molecular complexity index is 763. The molecular formula is C20H28ClF3N4O2. The molecule has 0 bridgehead atoms. The van der Waals surface area contributed by atoms with Gasteiger partial charge in [0, 0.05) is 37.4 Å². The second-order valence-corrected chi connectivity index (χ2v) is 8.49. The van der Waals surface area contributed by atoms with E-state index >= 15 is 0 Å². The zero-order valence-electron chi connectivity index (χ0n) is 17.4. The summed E-state index contributed by atoms with van der Waals surface area (Å²) in [6.45, 7) is 8.76. The van der Waals surface area contributed by atoms with Crippen molar-refractivity contribution >= 4 is 29.1 Å². The third kappa shape index (κ3) is 7.45. The van der Waals surface area contributed by atoms with E-state index in [4.69, 9.17) is 11.6 Å². The van der Waals surface area contributed by atoms with Crippen molar-refractivity contribution in [2.45, 2.75) is 38.9 Å². The van der Waals surface area contributed by atoms with Crippen molar-refractivity contribution in [1.82, 2.24) is 15.1 Å². The molecule has 1 heterocycles. The van der Waals surface area contributed by atoms with Gasteiger partial charge >= 0.3 is 6.18 Å². The molecule has 0 aliphatic carbocycles. The quantitative estimate of drug-likeness (QED) is 0.672. The number of hydrogen-bond donors (Lipinski definition) is 2. The minimum Gasteiger partial charge on any atom is -0.350 e. The standard InChI is InChI=1S/C20H28ClF3N4O2/c1-4-19(2,3)26-18(30)13-28-9-7-27(8-10-28)12-17(29)25-14-5-6-16(21)15(11-14)20(22,23)24/h5-6,11H,4,7-10,12-13H2,1-3H3,(H,25,29)(H,26,30). The van der Waals surface area contributed by atoms with Crippen LogP contribution in [0.2, 0.25) is 5.02 Å². The van der Waals surface area contributed by atoms with Gasteiger partial charge in [-0.1, -0.05) is 18.5 Å². The maximum Gasteiger partial charge on any atom is 0.417 e. The number of nitrogens with one attached hydrogen (secondary N) is 2. The molecule has 30 heavy (non-hydrogen) atoms. The summed E-state index contributed by atoms with van der Waals surface area (Å²) < 4.78 is 38.8. The lowest BCUT2D eigenvalue weighted by Crippen LogP contribution is -2.53. The highest BCUT2D eigenvalue weighted by molar-refractivity contribution is 6.31. The smallest absolute Gasteiger partial charge is 0.350 e. The summed E-state index contributed by atoms with van der Waals surface area (Å²) in [6, 6.07) is 3.28. The minimum atomic E-state index is -4.59. The molecule has 1 aliphatic rings. The van der Waals surface area contributed by atoms with Crippen molar-refractivity contribution in [3.63, 3.8) is 0 Å². The second-order valence-electron chi connectivity index (χ2n) is 8.08. The number of piperazine rings is 1. The summed E-state index contributed by atoms with van der Waals surface area (Å²) in [4.78, 5) is 28.3. The first-order valence-corrected chi connectivity index (χ1v) is 10.2. The Kier molecular flexibility index (Phi) is 8.13. The van der Waals surface area contributed by atoms with Gasteiger partial charge in [0.2, 0.25) is 11.8 Å². The molecule has 2 N–H and O–H groups in total. The monoisotopic (exact) mass is 448 g/mol. The predicted octanol–water partition coefficient (Wildman–Crippen LogP) is 3.22. The van der Waals surface area contributed by atoms with Crippen LogP contribution >= 0.6 is 11.6 Å². The van der Waals surface area contributed by atoms with E-state index in [2.05, 4.69) is 10.6 Å². The molecule has 1 saturated heterocycles. The summed E-state index contributed by atoms with van der Waals surface area (Å²) >= 11 is 5.59. The molecule has 0 saturated carbocycles. The fourth-order valence-corrected chi connectivity index (χ4v) is 3.26. The van der Waals surface area contributed by atoms with Crippen LogP contribution in [0, 0.1) is 0 Å². The Balaban J connectivity index is 1.80. The molecule has 2 amide bonds. The third-order valence-electron chi connectivity index (χ3n) is 5.12. The largest absolute Gasteiger partial charge is 0.417 e. The zero-order chi connectivity index (χ0) is 22.5. The van der Waals surface area contributed by atoms with Crippen molar-refractivity contribution < 1.29 is 22.8 Å². The molecular weight excluding hydrogens is 421 g/mol. The number of anilines is 1. The Labute approximate surface area is 179 Å². The molecule has 1 aromatic rings. The average Bonchev–Trinajstić information content (AvgIpc) is 2.63. The molecule has 0 unspecified atom stereocenters. The van der Waals surface area contributed by atoms with Crippen LogP contribution in [0.3, 0.4) is 0 Å². The number of rotatable bonds is 7. The van der Waals surface area contributed by atoms with Gasteiger partial charge in [-0.3, -0.25) is 19.4 Å². The number of carbonyl (C=O) groups is 2. The molecule has 2 rings (SSSR count). The van der Waals surface area contributed by atoms with Gasteiger partial charge in [0.25, 0.3) is 0 Å². The van der Waals surface area contributed by atoms with Crippen molar-refractivity contribution in [2.75, 3.05) is 44.6 Å². The minimum absolute atomic E-state index is 0.0312. The molecule has 0 aromatic heterocycles. The number of nitrogens with zero attached hydrogens (tertiary/aromatic N) is 2. The average molecular weight is 449 g/mol. The molecule has 1 fully saturated rings. The lowest BCUT2D eigenvalue weighted by Gasteiger charge is -2.34. The van der Waals surface area contributed by atoms with Crippen molar-refractivity contribution in [3.05, 3.63) is 28.8 Å². The number of carbonyl (C=O) groups excluding carboxylic acids is 2. The summed E-state index contributed by atoms with van der Waals surface area (Å²) in [5, 5.41) is 5.07. The van der Waals surface area contributed by atoms with E-state index in [-0.39, 0.29) is 23.7 Å². The van der Waals surface area contributed by atoms with Crippen molar-refractivity contribution in [3.8, 4) is 0 Å². The van der Waals surface area contributed by atoms with E-state index in [0.717, 1.165) is 18.6 Å². The van der Waals surface area contributed by atoms with E-state index in [1.54, 1.807) is 0 Å². The van der Waals surface area contributed by atoms with E-state index in [9.17, 15) is 22.8 Å². The second kappa shape index (κ2) is 9.98. The first-order chi connectivity index (χ1) is 13.9. The lowest BCUT2D eigenvalue weighted by molar-refractivity contribution is -0.137. The number of benzene rings is 1. The van der Waals surface area contributed by atoms with E-state index in [1.807, 2.05) is 30.6 Å². The van der Waals surface area contributed by atoms with Crippen molar-refractivity contribution in [2.24, 2.45) is 0 Å². The topological polar surface area (TPSA) is 64.7 Å². The van der Waals surface area contributed by atoms with Crippen LogP contribution in [0.15, 0.2) is 18.2 Å². The SMILES string of the molecule is CCC(C)(C)NC(=O)CN1CCN(CC(=O)Nc2ccc(Cl)c(C(F)(F)F)c2)CC1. The maximum atomic E-state index is 12.9. The van der Waals surface area contributed by atoms with Gasteiger partial charge in [-0.15, -0.1) is 0 Å². The van der Waals surface area contributed by atoms with Crippen LogP contribution in [0.4, 0.5) is 18.9 Å². The van der Waals surface area contributed by atoms with Gasteiger partial charge in [0.15, 0.2) is 0 Å². The Morgan fingerprint density at radius 1 is 1.03 bits per heavy atom. The van der Waals surface area contributed by atoms with E-state index < -0.39 is 22.7 Å². The molecule has 1 aromatic carbocycles. The molecule has 0 radical (unpaired) electrons. The maximum absolute atomic E-state index is 12.9. The number of amides is 2. The van der Waals surface area contributed by atoms with Crippen LogP contribution in [0.1, 0.15) is 32.8 Å². The van der Waals surface area contributed by atoms with Gasteiger partial charge in [-0.25, -0.2) is 0 Å². The summed E-state index contributed by atoms with van der Waals surface area (Å²) in [5.41, 5.74) is -1.18. The lowest BCUT2D eigenvalue weighted by atomic mass is 10.0. The van der Waals surface area contributed by atoms with Gasteiger partial charge in [-0.2, -0.15) is 13.2 Å². The van der Waals surface area contributed by atoms with Crippen LogP contribution in [-0.2, 0) is 15.8 Å². The number of halogens is 4. The molecule has 10 heteroatoms. The van der Waals surface area contributed by atoms with Crippen LogP contribution in [0.5, 0.6) is 0 Å². The molecule has 6 nitrogen and oxygen atoms in total. The van der Waals surface area contributed by atoms with Gasteiger partial charge in [0.1, 0.15) is 0 Å². The number of alkyl halides is 3. The molecule has 0 spiro atoms. The Morgan fingerprint density at radius 3 is 2.07 bits per heavy atom. The highest BCUT2D eigenvalue weighted by Gasteiger charge is 2.33. The molecule has 1 aliphatic heterocycles.